The van der Waals surface area contributed by atoms with Gasteiger partial charge in [-0.15, -0.1) is 0 Å². The topological polar surface area (TPSA) is 50.9 Å². The van der Waals surface area contributed by atoms with Gasteiger partial charge in [-0.1, -0.05) is 135 Å². The van der Waals surface area contributed by atoms with Crippen molar-refractivity contribution >= 4 is 11.0 Å². The van der Waals surface area contributed by atoms with Crippen LogP contribution in [0, 0.1) is 12.8 Å². The Balaban J connectivity index is 1.24. The summed E-state index contributed by atoms with van der Waals surface area (Å²) >= 11 is 0. The third-order valence-electron chi connectivity index (χ3n) is 10.5. The van der Waals surface area contributed by atoms with Crippen molar-refractivity contribution in [2.75, 3.05) is 0 Å². The fourth-order valence-electron chi connectivity index (χ4n) is 7.82. The largest absolute Gasteiger partial charge is 0.507 e. The highest BCUT2D eigenvalue weighted by atomic mass is 16.3. The van der Waals surface area contributed by atoms with E-state index in [4.69, 9.17) is 14.1 Å². The van der Waals surface area contributed by atoms with Gasteiger partial charge in [0, 0.05) is 27.1 Å². The number of hydrogen-bond donors (Lipinski definition) is 1. The van der Waals surface area contributed by atoms with E-state index in [9.17, 15) is 5.11 Å². The van der Waals surface area contributed by atoms with E-state index in [0.717, 1.165) is 67.8 Å². The van der Waals surface area contributed by atoms with Gasteiger partial charge in [-0.3, -0.25) is 9.55 Å². The van der Waals surface area contributed by atoms with E-state index >= 15 is 0 Å². The van der Waals surface area contributed by atoms with E-state index in [-0.39, 0.29) is 5.75 Å². The zero-order valence-corrected chi connectivity index (χ0v) is 31.9. The number of nitrogens with zero attached hydrogens (tertiary/aromatic N) is 3. The Kier molecular flexibility index (Phi) is 8.62. The summed E-state index contributed by atoms with van der Waals surface area (Å²) in [5.41, 5.74) is 14.9. The fourth-order valence-corrected chi connectivity index (χ4v) is 7.82. The van der Waals surface area contributed by atoms with E-state index in [1.165, 1.54) is 16.7 Å². The Bertz CT molecular complexity index is 2970. The van der Waals surface area contributed by atoms with Crippen LogP contribution in [0.4, 0.5) is 0 Å². The second-order valence-electron chi connectivity index (χ2n) is 14.9. The van der Waals surface area contributed by atoms with Gasteiger partial charge in [0.05, 0.1) is 22.3 Å². The molecule has 0 radical (unpaired) electrons. The third-order valence-corrected chi connectivity index (χ3v) is 10.5. The minimum atomic E-state index is -2.17. The third kappa shape index (κ3) is 7.14. The van der Waals surface area contributed by atoms with E-state index in [1.807, 2.05) is 60.7 Å². The van der Waals surface area contributed by atoms with Gasteiger partial charge in [0.2, 0.25) is 0 Å². The summed E-state index contributed by atoms with van der Waals surface area (Å²) in [5.74, 6) is 1.25. The number of fused-ring (bicyclic) bond motifs is 1. The van der Waals surface area contributed by atoms with E-state index in [1.54, 1.807) is 24.4 Å². The van der Waals surface area contributed by atoms with E-state index in [0.29, 0.717) is 22.9 Å². The monoisotopic (exact) mass is 740 g/mol. The van der Waals surface area contributed by atoms with E-state index < -0.39 is 6.85 Å². The predicted octanol–water partition coefficient (Wildman–Crippen LogP) is 13.6. The second kappa shape index (κ2) is 15.2. The minimum absolute atomic E-state index is 0.159. The maximum atomic E-state index is 11.3. The lowest BCUT2D eigenvalue weighted by Gasteiger charge is -2.17. The molecule has 7 aromatic carbocycles. The molecule has 0 spiro atoms. The first-order valence-corrected chi connectivity index (χ1v) is 19.4. The molecule has 9 rings (SSSR count). The highest BCUT2D eigenvalue weighted by Gasteiger charge is 2.21. The van der Waals surface area contributed by atoms with Crippen molar-refractivity contribution in [1.82, 2.24) is 14.5 Å². The van der Waals surface area contributed by atoms with Crippen molar-refractivity contribution in [1.29, 1.82) is 0 Å². The maximum absolute atomic E-state index is 11.3. The number of phenols is 1. The highest BCUT2D eigenvalue weighted by Crippen LogP contribution is 2.40. The fraction of sp³-hybridized carbons (Fsp3) is 0.0943. The molecule has 276 valence electrons. The summed E-state index contributed by atoms with van der Waals surface area (Å²) in [5, 5.41) is 11.3. The second-order valence-corrected chi connectivity index (χ2v) is 14.9. The first-order chi connectivity index (χ1) is 29.1. The van der Waals surface area contributed by atoms with Crippen LogP contribution in [0.1, 0.15) is 29.1 Å². The molecule has 0 bridgehead atoms. The summed E-state index contributed by atoms with van der Waals surface area (Å²) in [6.07, 6.45) is 2.70. The average Bonchev–Trinajstić information content (AvgIpc) is 3.66. The molecule has 0 amide bonds. The van der Waals surface area contributed by atoms with Gasteiger partial charge < -0.3 is 5.11 Å². The van der Waals surface area contributed by atoms with Crippen LogP contribution in [-0.2, 0) is 6.42 Å². The Morgan fingerprint density at radius 2 is 1.25 bits per heavy atom. The summed E-state index contributed by atoms with van der Waals surface area (Å²) < 4.78 is 25.6. The molecule has 2 heterocycles. The molecule has 0 saturated heterocycles. The lowest BCUT2D eigenvalue weighted by molar-refractivity contribution is 0.477. The quantitative estimate of drug-likeness (QED) is 0.160. The van der Waals surface area contributed by atoms with Crippen molar-refractivity contribution in [2.45, 2.75) is 27.1 Å². The normalized spacial score (nSPS) is 12.4. The van der Waals surface area contributed by atoms with Crippen LogP contribution < -0.4 is 0 Å². The van der Waals surface area contributed by atoms with Gasteiger partial charge in [-0.05, 0) is 124 Å². The molecule has 9 aromatic rings. The maximum Gasteiger partial charge on any atom is 0.149 e. The Hall–Kier alpha value is -7.04. The number of hydrogen-bond acceptors (Lipinski definition) is 3. The number of pyridine rings is 1. The number of aryl methyl sites for hydroxylation is 1. The van der Waals surface area contributed by atoms with Crippen molar-refractivity contribution in [3.8, 4) is 78.6 Å². The first kappa shape index (κ1) is 32.2. The van der Waals surface area contributed by atoms with Crippen LogP contribution in [0.3, 0.4) is 0 Å². The summed E-state index contributed by atoms with van der Waals surface area (Å²) in [7, 11) is 0. The number of aromatic hydroxyl groups is 1. The van der Waals surface area contributed by atoms with Crippen LogP contribution >= 0.6 is 0 Å². The summed E-state index contributed by atoms with van der Waals surface area (Å²) in [6.45, 7) is 2.33. The lowest BCUT2D eigenvalue weighted by Crippen LogP contribution is -2.02. The van der Waals surface area contributed by atoms with Crippen LogP contribution in [0.25, 0.3) is 83.9 Å². The summed E-state index contributed by atoms with van der Waals surface area (Å²) in [4.78, 5) is 10.2. The van der Waals surface area contributed by atoms with Crippen molar-refractivity contribution in [3.05, 3.63) is 193 Å². The Labute approximate surface area is 338 Å². The Morgan fingerprint density at radius 3 is 2.00 bits per heavy atom. The molecule has 0 aliphatic rings. The van der Waals surface area contributed by atoms with Gasteiger partial charge >= 0.3 is 0 Å². The smallest absolute Gasteiger partial charge is 0.149 e. The van der Waals surface area contributed by atoms with Crippen molar-refractivity contribution < 1.29 is 9.22 Å². The Morgan fingerprint density at radius 1 is 0.561 bits per heavy atom. The number of benzene rings is 7. The minimum Gasteiger partial charge on any atom is -0.507 e. The lowest BCUT2D eigenvalue weighted by atomic mass is 9.93. The zero-order valence-electron chi connectivity index (χ0n) is 34.9. The predicted molar refractivity (Wildman–Crippen MR) is 236 cm³/mol. The van der Waals surface area contributed by atoms with Gasteiger partial charge in [0.1, 0.15) is 11.6 Å². The molecule has 0 aliphatic carbocycles. The van der Waals surface area contributed by atoms with Crippen LogP contribution in [-0.4, -0.2) is 19.6 Å². The molecule has 4 nitrogen and oxygen atoms in total. The van der Waals surface area contributed by atoms with Crippen molar-refractivity contribution in [3.63, 3.8) is 0 Å². The molecule has 2 aromatic heterocycles. The standard InChI is InChI=1S/C53H43N3O/c1-35(2)29-42-33-45(25-26-46(42)39-15-8-5-9-16-39)56-50-19-12-18-47(52(50)55-53(56)48-17-10-11-20-51(48)57)43-30-41(37-13-6-4-7-14-37)31-44(32-43)49-34-40(27-28-54-49)38-23-21-36(3)22-24-38/h4-28,30-35,57H,29H2,1-3H3/i3D3. The molecule has 4 heteroatoms. The summed E-state index contributed by atoms with van der Waals surface area (Å²) in [6, 6.07) is 58.8. The van der Waals surface area contributed by atoms with Crippen LogP contribution in [0.5, 0.6) is 5.75 Å². The number of imidazole rings is 1. The molecular weight excluding hydrogens is 695 g/mol. The first-order valence-electron chi connectivity index (χ1n) is 20.9. The molecule has 0 atom stereocenters. The molecule has 57 heavy (non-hydrogen) atoms. The number of para-hydroxylation sites is 2. The van der Waals surface area contributed by atoms with Gasteiger partial charge in [-0.2, -0.15) is 0 Å². The van der Waals surface area contributed by atoms with Crippen molar-refractivity contribution in [2.24, 2.45) is 5.92 Å². The van der Waals surface area contributed by atoms with Gasteiger partial charge in [0.25, 0.3) is 0 Å². The highest BCUT2D eigenvalue weighted by molar-refractivity contribution is 5.97. The molecule has 1 N–H and O–H groups in total. The van der Waals surface area contributed by atoms with E-state index in [2.05, 4.69) is 115 Å². The number of phenolic OH excluding ortho intramolecular Hbond substituents is 1. The molecular formula is C53H43N3O. The average molecular weight is 741 g/mol. The molecule has 0 saturated carbocycles. The van der Waals surface area contributed by atoms with Crippen LogP contribution in [0.2, 0.25) is 0 Å². The number of rotatable bonds is 9. The molecule has 0 unspecified atom stereocenters. The van der Waals surface area contributed by atoms with Crippen LogP contribution in [0.15, 0.2) is 182 Å². The molecule has 0 aliphatic heterocycles. The number of aromatic nitrogens is 3. The zero-order chi connectivity index (χ0) is 41.4. The van der Waals surface area contributed by atoms with Gasteiger partial charge in [-0.25, -0.2) is 4.98 Å². The van der Waals surface area contributed by atoms with Gasteiger partial charge in [0.15, 0.2) is 0 Å². The molecule has 0 fully saturated rings. The SMILES string of the molecule is [2H]C([2H])([2H])c1ccc(-c2ccnc(-c3cc(-c4ccccc4)cc(-c4cccc5c4nc(-c4ccccc4O)n5-c4ccc(-c5ccccc5)c(CC(C)C)c4)c3)c2)cc1.